The zero-order valence-electron chi connectivity index (χ0n) is 18.8. The number of allylic oxidation sites excluding steroid dienone is 1. The highest BCUT2D eigenvalue weighted by molar-refractivity contribution is 6.25. The van der Waals surface area contributed by atoms with Crippen LogP contribution in [0.25, 0.3) is 16.7 Å². The molecule has 7 heteroatoms. The number of carbonyl (C=O) groups is 2. The Morgan fingerprint density at radius 2 is 1.64 bits per heavy atom. The SMILES string of the molecule is Cc1c(C(O)=C2C(=O)CCCC2=O)ccc2c1c(=O)n(CCCc1ccccc1)c(=O)n2C. The molecule has 0 radical (unpaired) electrons. The van der Waals surface area contributed by atoms with Gasteiger partial charge in [-0.1, -0.05) is 30.3 Å². The lowest BCUT2D eigenvalue weighted by molar-refractivity contribution is -0.123. The monoisotopic (exact) mass is 446 g/mol. The molecule has 4 rings (SSSR count). The molecular formula is C26H26N2O5. The summed E-state index contributed by atoms with van der Waals surface area (Å²) in [6.45, 7) is 1.91. The molecule has 170 valence electrons. The van der Waals surface area contributed by atoms with Gasteiger partial charge in [0.15, 0.2) is 11.6 Å². The average molecular weight is 447 g/mol. The third-order valence-corrected chi connectivity index (χ3v) is 6.33. The maximum atomic E-state index is 13.4. The molecule has 33 heavy (non-hydrogen) atoms. The van der Waals surface area contributed by atoms with Gasteiger partial charge in [0.2, 0.25) is 0 Å². The van der Waals surface area contributed by atoms with Gasteiger partial charge in [-0.2, -0.15) is 0 Å². The van der Waals surface area contributed by atoms with Crippen molar-refractivity contribution in [2.75, 3.05) is 0 Å². The van der Waals surface area contributed by atoms with E-state index in [1.807, 2.05) is 30.3 Å². The van der Waals surface area contributed by atoms with Crippen molar-refractivity contribution in [3.63, 3.8) is 0 Å². The summed E-state index contributed by atoms with van der Waals surface area (Å²) in [6.07, 6.45) is 2.23. The minimum atomic E-state index is -0.445. The van der Waals surface area contributed by atoms with E-state index in [0.717, 1.165) is 12.0 Å². The van der Waals surface area contributed by atoms with Crippen LogP contribution in [0, 0.1) is 6.92 Å². The predicted molar refractivity (Wildman–Crippen MR) is 126 cm³/mol. The van der Waals surface area contributed by atoms with Gasteiger partial charge in [-0.05, 0) is 49.4 Å². The first kappa shape index (κ1) is 22.5. The van der Waals surface area contributed by atoms with Crippen LogP contribution in [0.1, 0.15) is 42.4 Å². The minimum absolute atomic E-state index is 0.197. The fourth-order valence-corrected chi connectivity index (χ4v) is 4.51. The number of aromatic nitrogens is 2. The van der Waals surface area contributed by atoms with Crippen LogP contribution in [0.4, 0.5) is 0 Å². The van der Waals surface area contributed by atoms with Gasteiger partial charge < -0.3 is 5.11 Å². The van der Waals surface area contributed by atoms with Crippen molar-refractivity contribution in [3.8, 4) is 0 Å². The van der Waals surface area contributed by atoms with Crippen molar-refractivity contribution in [2.24, 2.45) is 7.05 Å². The van der Waals surface area contributed by atoms with Gasteiger partial charge in [0.05, 0.1) is 10.9 Å². The number of ketones is 2. The lowest BCUT2D eigenvalue weighted by atomic mass is 9.88. The number of aryl methyl sites for hydroxylation is 3. The summed E-state index contributed by atoms with van der Waals surface area (Å²) >= 11 is 0. The van der Waals surface area contributed by atoms with Gasteiger partial charge in [-0.15, -0.1) is 0 Å². The van der Waals surface area contributed by atoms with E-state index in [1.54, 1.807) is 26.1 Å². The number of aliphatic hydroxyl groups is 1. The van der Waals surface area contributed by atoms with Crippen LogP contribution in [-0.2, 0) is 29.6 Å². The van der Waals surface area contributed by atoms with E-state index in [9.17, 15) is 24.3 Å². The molecule has 0 saturated heterocycles. The van der Waals surface area contributed by atoms with E-state index in [4.69, 9.17) is 0 Å². The molecule has 3 aromatic rings. The molecular weight excluding hydrogens is 420 g/mol. The van der Waals surface area contributed by atoms with Gasteiger partial charge in [0.1, 0.15) is 11.3 Å². The smallest absolute Gasteiger partial charge is 0.331 e. The summed E-state index contributed by atoms with van der Waals surface area (Å²) in [7, 11) is 1.60. The second kappa shape index (κ2) is 9.02. The maximum absolute atomic E-state index is 13.4. The van der Waals surface area contributed by atoms with Crippen LogP contribution in [0.5, 0.6) is 0 Å². The van der Waals surface area contributed by atoms with Crippen molar-refractivity contribution in [1.82, 2.24) is 9.13 Å². The number of hydrogen-bond donors (Lipinski definition) is 1. The molecule has 1 aliphatic rings. The third kappa shape index (κ3) is 4.06. The minimum Gasteiger partial charge on any atom is -0.506 e. The molecule has 1 fully saturated rings. The Morgan fingerprint density at radius 3 is 2.30 bits per heavy atom. The highest BCUT2D eigenvalue weighted by Crippen LogP contribution is 2.28. The van der Waals surface area contributed by atoms with E-state index in [1.165, 1.54) is 9.13 Å². The second-order valence-corrected chi connectivity index (χ2v) is 8.44. The first-order valence-electron chi connectivity index (χ1n) is 11.1. The zero-order valence-corrected chi connectivity index (χ0v) is 18.8. The summed E-state index contributed by atoms with van der Waals surface area (Å²) in [5.41, 5.74) is 1.20. The second-order valence-electron chi connectivity index (χ2n) is 8.44. The Kier molecular flexibility index (Phi) is 6.14. The number of nitrogens with zero attached hydrogens (tertiary/aromatic N) is 2. The summed E-state index contributed by atoms with van der Waals surface area (Å²) in [5, 5.41) is 11.1. The van der Waals surface area contributed by atoms with E-state index in [0.29, 0.717) is 23.9 Å². The van der Waals surface area contributed by atoms with Crippen molar-refractivity contribution in [3.05, 3.63) is 85.6 Å². The Labute approximate surface area is 190 Å². The predicted octanol–water partition coefficient (Wildman–Crippen LogP) is 3.23. The first-order valence-corrected chi connectivity index (χ1v) is 11.1. The molecule has 0 atom stereocenters. The first-order chi connectivity index (χ1) is 15.8. The normalized spacial score (nSPS) is 14.2. The number of Topliss-reactive ketones (excluding diaryl/α,β-unsaturated/α-hetero) is 2. The third-order valence-electron chi connectivity index (χ3n) is 6.33. The molecule has 1 aliphatic carbocycles. The molecule has 1 saturated carbocycles. The molecule has 0 unspecified atom stereocenters. The number of benzene rings is 2. The Balaban J connectivity index is 1.80. The van der Waals surface area contributed by atoms with E-state index in [-0.39, 0.29) is 47.5 Å². The number of hydrogen-bond acceptors (Lipinski definition) is 5. The highest BCUT2D eigenvalue weighted by Gasteiger charge is 2.28. The van der Waals surface area contributed by atoms with Crippen LogP contribution in [0.2, 0.25) is 0 Å². The molecule has 2 aromatic carbocycles. The van der Waals surface area contributed by atoms with Gasteiger partial charge >= 0.3 is 5.69 Å². The van der Waals surface area contributed by atoms with E-state index in [2.05, 4.69) is 0 Å². The van der Waals surface area contributed by atoms with Gasteiger partial charge in [-0.25, -0.2) is 4.79 Å². The molecule has 0 spiro atoms. The zero-order chi connectivity index (χ0) is 23.7. The van der Waals surface area contributed by atoms with E-state index < -0.39 is 17.0 Å². The van der Waals surface area contributed by atoms with Gasteiger partial charge in [0.25, 0.3) is 5.56 Å². The van der Waals surface area contributed by atoms with Crippen LogP contribution in [0.3, 0.4) is 0 Å². The van der Waals surface area contributed by atoms with Crippen molar-refractivity contribution >= 4 is 28.2 Å². The summed E-state index contributed by atoms with van der Waals surface area (Å²) in [4.78, 5) is 50.8. The molecule has 0 aliphatic heterocycles. The summed E-state index contributed by atoms with van der Waals surface area (Å²) < 4.78 is 2.63. The molecule has 0 amide bonds. The number of fused-ring (bicyclic) bond motifs is 1. The van der Waals surface area contributed by atoms with Crippen molar-refractivity contribution in [1.29, 1.82) is 0 Å². The maximum Gasteiger partial charge on any atom is 0.331 e. The lowest BCUT2D eigenvalue weighted by Gasteiger charge is -2.17. The number of rotatable bonds is 5. The molecule has 1 aromatic heterocycles. The molecule has 7 nitrogen and oxygen atoms in total. The van der Waals surface area contributed by atoms with Crippen molar-refractivity contribution in [2.45, 2.75) is 45.6 Å². The molecule has 1 heterocycles. The topological polar surface area (TPSA) is 98.4 Å². The average Bonchev–Trinajstić information content (AvgIpc) is 2.80. The summed E-state index contributed by atoms with van der Waals surface area (Å²) in [6, 6.07) is 13.0. The van der Waals surface area contributed by atoms with Gasteiger partial charge in [-0.3, -0.25) is 23.5 Å². The van der Waals surface area contributed by atoms with Crippen LogP contribution in [0.15, 0.2) is 57.6 Å². The standard InChI is InChI=1S/C26H26N2O5/c1-16-18(24(31)23-20(29)11-6-12-21(23)30)13-14-19-22(16)25(32)28(26(33)27(19)2)15-7-10-17-8-4-3-5-9-17/h3-5,8-9,13-14,31H,6-7,10-12,15H2,1-2H3. The van der Waals surface area contributed by atoms with Crippen LogP contribution < -0.4 is 11.2 Å². The number of aliphatic hydroxyl groups excluding tert-OH is 1. The number of carbonyl (C=O) groups excluding carboxylic acids is 2. The fourth-order valence-electron chi connectivity index (χ4n) is 4.51. The Bertz CT molecular complexity index is 1390. The lowest BCUT2D eigenvalue weighted by Crippen LogP contribution is -2.39. The Hall–Kier alpha value is -3.74. The molecule has 0 bridgehead atoms. The Morgan fingerprint density at radius 1 is 0.970 bits per heavy atom. The largest absolute Gasteiger partial charge is 0.506 e. The quantitative estimate of drug-likeness (QED) is 0.369. The highest BCUT2D eigenvalue weighted by atomic mass is 16.3. The van der Waals surface area contributed by atoms with E-state index >= 15 is 0 Å². The van der Waals surface area contributed by atoms with Crippen molar-refractivity contribution < 1.29 is 14.7 Å². The summed E-state index contributed by atoms with van der Waals surface area (Å²) in [5.74, 6) is -1.17. The van der Waals surface area contributed by atoms with Crippen LogP contribution >= 0.6 is 0 Å². The molecule has 1 N–H and O–H groups in total. The fraction of sp³-hybridized carbons (Fsp3) is 0.308. The van der Waals surface area contributed by atoms with Crippen LogP contribution in [-0.4, -0.2) is 25.8 Å². The van der Waals surface area contributed by atoms with Gasteiger partial charge in [0, 0.05) is 32.0 Å².